The average molecular weight is 344 g/mol. The van der Waals surface area contributed by atoms with Gasteiger partial charge >= 0.3 is 6.03 Å². The lowest BCUT2D eigenvalue weighted by Crippen LogP contribution is -2.33. The summed E-state index contributed by atoms with van der Waals surface area (Å²) in [5, 5.41) is 12.0. The Labute approximate surface area is 147 Å². The summed E-state index contributed by atoms with van der Waals surface area (Å²) in [5.74, 6) is 0.894. The zero-order chi connectivity index (χ0) is 18.4. The van der Waals surface area contributed by atoms with Crippen LogP contribution in [0.4, 0.5) is 10.5 Å². The van der Waals surface area contributed by atoms with Crippen LogP contribution < -0.4 is 5.32 Å². The minimum absolute atomic E-state index is 0.188. The number of hydrogen-bond donors (Lipinski definition) is 2. The minimum atomic E-state index is -0.449. The number of nitrogens with one attached hydrogen (secondary N) is 1. The molecule has 0 aliphatic rings. The van der Waals surface area contributed by atoms with Crippen molar-refractivity contribution in [2.24, 2.45) is 0 Å². The lowest BCUT2D eigenvalue weighted by Gasteiger charge is -2.18. The van der Waals surface area contributed by atoms with Gasteiger partial charge in [-0.15, -0.1) is 0 Å². The van der Waals surface area contributed by atoms with E-state index in [0.717, 1.165) is 12.2 Å². The van der Waals surface area contributed by atoms with Gasteiger partial charge in [-0.3, -0.25) is 4.79 Å². The second-order valence-electron chi connectivity index (χ2n) is 6.02. The molecule has 25 heavy (non-hydrogen) atoms. The van der Waals surface area contributed by atoms with Crippen LogP contribution in [0.1, 0.15) is 42.1 Å². The SMILES string of the molecule is CCc1ccc(C(=O)c2ccc(NC(=O)N(C)CC[C@H](C)O)cc2)o1. The normalized spacial score (nSPS) is 11.8. The topological polar surface area (TPSA) is 82.8 Å². The van der Waals surface area contributed by atoms with Crippen molar-refractivity contribution in [3.63, 3.8) is 0 Å². The molecule has 0 spiro atoms. The number of amides is 2. The Morgan fingerprint density at radius 1 is 1.20 bits per heavy atom. The highest BCUT2D eigenvalue weighted by molar-refractivity contribution is 6.07. The standard InChI is InChI=1S/C19H24N2O4/c1-4-16-9-10-17(25-16)18(23)14-5-7-15(8-6-14)20-19(24)21(3)12-11-13(2)22/h5-10,13,22H,4,11-12H2,1-3H3,(H,20,24)/t13-/m0/s1. The highest BCUT2D eigenvalue weighted by atomic mass is 16.3. The third kappa shape index (κ3) is 5.19. The Kier molecular flexibility index (Phi) is 6.36. The second kappa shape index (κ2) is 8.48. The molecular formula is C19H24N2O4. The van der Waals surface area contributed by atoms with Crippen LogP contribution in [-0.2, 0) is 6.42 Å². The minimum Gasteiger partial charge on any atom is -0.458 e. The van der Waals surface area contributed by atoms with Gasteiger partial charge in [0.25, 0.3) is 0 Å². The van der Waals surface area contributed by atoms with Crippen LogP contribution >= 0.6 is 0 Å². The first kappa shape index (κ1) is 18.7. The number of anilines is 1. The number of benzene rings is 1. The zero-order valence-corrected chi connectivity index (χ0v) is 14.8. The van der Waals surface area contributed by atoms with E-state index in [9.17, 15) is 14.7 Å². The fourth-order valence-corrected chi connectivity index (χ4v) is 2.24. The van der Waals surface area contributed by atoms with Gasteiger partial charge in [0.1, 0.15) is 5.76 Å². The number of aliphatic hydroxyl groups excluding tert-OH is 1. The zero-order valence-electron chi connectivity index (χ0n) is 14.8. The molecule has 2 amide bonds. The number of aliphatic hydroxyl groups is 1. The third-order valence-corrected chi connectivity index (χ3v) is 3.86. The highest BCUT2D eigenvalue weighted by Crippen LogP contribution is 2.16. The van der Waals surface area contributed by atoms with Crippen molar-refractivity contribution in [2.45, 2.75) is 32.8 Å². The molecule has 2 N–H and O–H groups in total. The Balaban J connectivity index is 1.97. The molecule has 0 bridgehead atoms. The maximum Gasteiger partial charge on any atom is 0.321 e. The van der Waals surface area contributed by atoms with E-state index in [4.69, 9.17) is 4.42 Å². The van der Waals surface area contributed by atoms with Crippen molar-refractivity contribution in [3.05, 3.63) is 53.5 Å². The van der Waals surface area contributed by atoms with Gasteiger partial charge in [-0.2, -0.15) is 0 Å². The maximum absolute atomic E-state index is 12.4. The molecule has 1 atom stereocenters. The molecule has 0 radical (unpaired) electrons. The molecule has 1 aromatic heterocycles. The Hall–Kier alpha value is -2.60. The fraction of sp³-hybridized carbons (Fsp3) is 0.368. The molecule has 0 aliphatic carbocycles. The first-order valence-corrected chi connectivity index (χ1v) is 8.34. The van der Waals surface area contributed by atoms with E-state index in [2.05, 4.69) is 5.32 Å². The van der Waals surface area contributed by atoms with E-state index < -0.39 is 6.10 Å². The number of carbonyl (C=O) groups excluding carboxylic acids is 2. The molecule has 2 aromatic rings. The molecule has 0 saturated carbocycles. The Morgan fingerprint density at radius 2 is 1.88 bits per heavy atom. The van der Waals surface area contributed by atoms with Crippen molar-refractivity contribution >= 4 is 17.5 Å². The molecule has 1 heterocycles. The Morgan fingerprint density at radius 3 is 2.44 bits per heavy atom. The van der Waals surface area contributed by atoms with Crippen molar-refractivity contribution in [1.29, 1.82) is 0 Å². The van der Waals surface area contributed by atoms with Crippen molar-refractivity contribution in [3.8, 4) is 0 Å². The fourth-order valence-electron chi connectivity index (χ4n) is 2.24. The monoisotopic (exact) mass is 344 g/mol. The molecule has 0 aliphatic heterocycles. The number of carbonyl (C=O) groups is 2. The van der Waals surface area contributed by atoms with Gasteiger partial charge in [-0.05, 0) is 49.7 Å². The molecule has 2 rings (SSSR count). The number of urea groups is 1. The van der Waals surface area contributed by atoms with E-state index in [1.165, 1.54) is 4.90 Å². The van der Waals surface area contributed by atoms with Gasteiger partial charge in [-0.1, -0.05) is 6.92 Å². The summed E-state index contributed by atoms with van der Waals surface area (Å²) in [6.45, 7) is 4.10. The smallest absolute Gasteiger partial charge is 0.321 e. The van der Waals surface area contributed by atoms with Crippen molar-refractivity contribution < 1.29 is 19.1 Å². The van der Waals surface area contributed by atoms with Gasteiger partial charge in [0, 0.05) is 31.3 Å². The van der Waals surface area contributed by atoms with E-state index in [-0.39, 0.29) is 11.8 Å². The van der Waals surface area contributed by atoms with Gasteiger partial charge in [0.05, 0.1) is 6.10 Å². The predicted molar refractivity (Wildman–Crippen MR) is 95.9 cm³/mol. The quantitative estimate of drug-likeness (QED) is 0.755. The number of aryl methyl sites for hydroxylation is 1. The van der Waals surface area contributed by atoms with Gasteiger partial charge in [-0.25, -0.2) is 4.79 Å². The van der Waals surface area contributed by atoms with E-state index >= 15 is 0 Å². The maximum atomic E-state index is 12.4. The lowest BCUT2D eigenvalue weighted by molar-refractivity contribution is 0.101. The Bertz CT molecular complexity index is 719. The summed E-state index contributed by atoms with van der Waals surface area (Å²) < 4.78 is 5.48. The van der Waals surface area contributed by atoms with Crippen LogP contribution in [0, 0.1) is 0 Å². The molecule has 0 saturated heterocycles. The molecule has 1 aromatic carbocycles. The van der Waals surface area contributed by atoms with Gasteiger partial charge in [0.2, 0.25) is 5.78 Å². The first-order valence-electron chi connectivity index (χ1n) is 8.34. The van der Waals surface area contributed by atoms with Crippen LogP contribution in [0.25, 0.3) is 0 Å². The average Bonchev–Trinajstić information content (AvgIpc) is 3.08. The van der Waals surface area contributed by atoms with E-state index in [1.54, 1.807) is 50.4 Å². The summed E-state index contributed by atoms with van der Waals surface area (Å²) in [6.07, 6.45) is 0.802. The summed E-state index contributed by atoms with van der Waals surface area (Å²) in [4.78, 5) is 25.9. The molecule has 134 valence electrons. The summed E-state index contributed by atoms with van der Waals surface area (Å²) in [5.41, 5.74) is 1.09. The molecule has 0 unspecified atom stereocenters. The van der Waals surface area contributed by atoms with Gasteiger partial charge < -0.3 is 19.7 Å². The second-order valence-corrected chi connectivity index (χ2v) is 6.02. The number of rotatable bonds is 7. The first-order chi connectivity index (χ1) is 11.9. The number of nitrogens with zero attached hydrogens (tertiary/aromatic N) is 1. The molecule has 0 fully saturated rings. The van der Waals surface area contributed by atoms with Crippen molar-refractivity contribution in [1.82, 2.24) is 4.90 Å². The lowest BCUT2D eigenvalue weighted by atomic mass is 10.1. The summed E-state index contributed by atoms with van der Waals surface area (Å²) in [7, 11) is 1.66. The third-order valence-electron chi connectivity index (χ3n) is 3.86. The molecule has 6 heteroatoms. The highest BCUT2D eigenvalue weighted by Gasteiger charge is 2.14. The summed E-state index contributed by atoms with van der Waals surface area (Å²) >= 11 is 0. The van der Waals surface area contributed by atoms with Crippen LogP contribution in [-0.4, -0.2) is 41.5 Å². The molecular weight excluding hydrogens is 320 g/mol. The van der Waals surface area contributed by atoms with E-state index in [1.807, 2.05) is 6.92 Å². The van der Waals surface area contributed by atoms with Crippen LogP contribution in [0.3, 0.4) is 0 Å². The van der Waals surface area contributed by atoms with Crippen LogP contribution in [0.2, 0.25) is 0 Å². The number of hydrogen-bond acceptors (Lipinski definition) is 4. The van der Waals surface area contributed by atoms with E-state index in [0.29, 0.717) is 30.0 Å². The summed E-state index contributed by atoms with van der Waals surface area (Å²) in [6, 6.07) is 9.87. The largest absolute Gasteiger partial charge is 0.458 e. The van der Waals surface area contributed by atoms with Crippen LogP contribution in [0.5, 0.6) is 0 Å². The van der Waals surface area contributed by atoms with Crippen LogP contribution in [0.15, 0.2) is 40.8 Å². The number of furan rings is 1. The van der Waals surface area contributed by atoms with Gasteiger partial charge in [0.15, 0.2) is 5.76 Å². The van der Waals surface area contributed by atoms with Crippen molar-refractivity contribution in [2.75, 3.05) is 18.9 Å². The molecule has 6 nitrogen and oxygen atoms in total. The number of ketones is 1. The predicted octanol–water partition coefficient (Wildman–Crippen LogP) is 3.31.